The van der Waals surface area contributed by atoms with Crippen LogP contribution in [0.4, 0.5) is 11.8 Å². The SMILES string of the molecule is CN(C)c1ccnc(N[C@H]2CC[C@@H](NC(=O)C3CCCC3)CC2)n1. The summed E-state index contributed by atoms with van der Waals surface area (Å²) >= 11 is 0. The van der Waals surface area contributed by atoms with E-state index in [4.69, 9.17) is 0 Å². The van der Waals surface area contributed by atoms with Gasteiger partial charge in [-0.25, -0.2) is 4.98 Å². The van der Waals surface area contributed by atoms with Gasteiger partial charge in [0.25, 0.3) is 0 Å². The van der Waals surface area contributed by atoms with Gasteiger partial charge in [0.1, 0.15) is 5.82 Å². The van der Waals surface area contributed by atoms with Gasteiger partial charge >= 0.3 is 0 Å². The molecule has 6 heteroatoms. The molecule has 6 nitrogen and oxygen atoms in total. The Balaban J connectivity index is 1.45. The Hall–Kier alpha value is -1.85. The zero-order valence-corrected chi connectivity index (χ0v) is 14.8. The molecule has 0 saturated heterocycles. The smallest absolute Gasteiger partial charge is 0.224 e. The van der Waals surface area contributed by atoms with Crippen molar-refractivity contribution in [2.45, 2.75) is 63.5 Å². The van der Waals surface area contributed by atoms with Gasteiger partial charge in [0, 0.05) is 38.3 Å². The molecule has 2 aliphatic carbocycles. The van der Waals surface area contributed by atoms with E-state index in [0.29, 0.717) is 18.0 Å². The number of carbonyl (C=O) groups is 1. The Morgan fingerprint density at radius 1 is 1.08 bits per heavy atom. The lowest BCUT2D eigenvalue weighted by Crippen LogP contribution is -2.42. The molecule has 1 heterocycles. The summed E-state index contributed by atoms with van der Waals surface area (Å²) in [4.78, 5) is 23.0. The first-order chi connectivity index (χ1) is 11.6. The minimum absolute atomic E-state index is 0.267. The Morgan fingerprint density at radius 3 is 2.42 bits per heavy atom. The second-order valence-corrected chi connectivity index (χ2v) is 7.32. The normalized spacial score (nSPS) is 24.6. The van der Waals surface area contributed by atoms with Crippen LogP contribution in [0.5, 0.6) is 0 Å². The first-order valence-electron chi connectivity index (χ1n) is 9.19. The third-order valence-corrected chi connectivity index (χ3v) is 5.23. The van der Waals surface area contributed by atoms with Crippen LogP contribution in [-0.4, -0.2) is 42.1 Å². The van der Waals surface area contributed by atoms with Crippen LogP contribution in [0, 0.1) is 5.92 Å². The van der Waals surface area contributed by atoms with Crippen LogP contribution in [0.15, 0.2) is 12.3 Å². The van der Waals surface area contributed by atoms with Gasteiger partial charge in [-0.1, -0.05) is 12.8 Å². The van der Waals surface area contributed by atoms with E-state index >= 15 is 0 Å². The molecule has 0 bridgehead atoms. The molecule has 3 rings (SSSR count). The van der Waals surface area contributed by atoms with E-state index in [0.717, 1.165) is 44.3 Å². The maximum Gasteiger partial charge on any atom is 0.224 e. The third kappa shape index (κ3) is 4.36. The van der Waals surface area contributed by atoms with Crippen molar-refractivity contribution >= 4 is 17.7 Å². The number of aromatic nitrogens is 2. The number of rotatable bonds is 5. The van der Waals surface area contributed by atoms with E-state index in [1.54, 1.807) is 6.20 Å². The van der Waals surface area contributed by atoms with Gasteiger partial charge in [-0.15, -0.1) is 0 Å². The van der Waals surface area contributed by atoms with Gasteiger partial charge < -0.3 is 15.5 Å². The van der Waals surface area contributed by atoms with Gasteiger partial charge in [-0.05, 0) is 44.6 Å². The highest BCUT2D eigenvalue weighted by Gasteiger charge is 2.27. The number of anilines is 2. The maximum atomic E-state index is 12.2. The second kappa shape index (κ2) is 7.81. The molecule has 2 N–H and O–H groups in total. The molecule has 1 aromatic heterocycles. The zero-order valence-electron chi connectivity index (χ0n) is 14.8. The van der Waals surface area contributed by atoms with Crippen LogP contribution in [-0.2, 0) is 4.79 Å². The predicted octanol–water partition coefficient (Wildman–Crippen LogP) is 2.57. The molecule has 2 aliphatic rings. The molecule has 1 amide bonds. The molecule has 132 valence electrons. The third-order valence-electron chi connectivity index (χ3n) is 5.23. The fourth-order valence-corrected chi connectivity index (χ4v) is 3.74. The predicted molar refractivity (Wildman–Crippen MR) is 96.1 cm³/mol. The van der Waals surface area contributed by atoms with E-state index in [9.17, 15) is 4.79 Å². The van der Waals surface area contributed by atoms with E-state index in [1.165, 1.54) is 12.8 Å². The molecule has 0 unspecified atom stereocenters. The molecule has 0 spiro atoms. The molecule has 2 saturated carbocycles. The summed E-state index contributed by atoms with van der Waals surface area (Å²) in [5, 5.41) is 6.71. The minimum atomic E-state index is 0.267. The highest BCUT2D eigenvalue weighted by molar-refractivity contribution is 5.79. The highest BCUT2D eigenvalue weighted by atomic mass is 16.1. The van der Waals surface area contributed by atoms with Crippen LogP contribution < -0.4 is 15.5 Å². The van der Waals surface area contributed by atoms with Crippen molar-refractivity contribution in [3.05, 3.63) is 12.3 Å². The molecule has 0 radical (unpaired) electrons. The van der Waals surface area contributed by atoms with Crippen molar-refractivity contribution in [1.29, 1.82) is 0 Å². The minimum Gasteiger partial charge on any atom is -0.363 e. The average Bonchev–Trinajstić information content (AvgIpc) is 3.11. The fraction of sp³-hybridized carbons (Fsp3) is 0.722. The number of nitrogens with zero attached hydrogens (tertiary/aromatic N) is 3. The van der Waals surface area contributed by atoms with Crippen molar-refractivity contribution in [1.82, 2.24) is 15.3 Å². The number of hydrogen-bond acceptors (Lipinski definition) is 5. The van der Waals surface area contributed by atoms with Crippen LogP contribution in [0.1, 0.15) is 51.4 Å². The molecule has 0 aliphatic heterocycles. The summed E-state index contributed by atoms with van der Waals surface area (Å²) in [5.74, 6) is 2.15. The summed E-state index contributed by atoms with van der Waals surface area (Å²) in [6, 6.07) is 2.63. The van der Waals surface area contributed by atoms with Crippen molar-refractivity contribution in [3.8, 4) is 0 Å². The van der Waals surface area contributed by atoms with Gasteiger partial charge in [0.15, 0.2) is 0 Å². The largest absolute Gasteiger partial charge is 0.363 e. The maximum absolute atomic E-state index is 12.2. The monoisotopic (exact) mass is 331 g/mol. The molecular formula is C18H29N5O. The van der Waals surface area contributed by atoms with Crippen molar-refractivity contribution in [2.24, 2.45) is 5.92 Å². The van der Waals surface area contributed by atoms with E-state index in [1.807, 2.05) is 25.1 Å². The van der Waals surface area contributed by atoms with E-state index in [2.05, 4.69) is 20.6 Å². The van der Waals surface area contributed by atoms with Crippen LogP contribution in [0.25, 0.3) is 0 Å². The summed E-state index contributed by atoms with van der Waals surface area (Å²) in [5.41, 5.74) is 0. The molecule has 0 aromatic carbocycles. The average molecular weight is 331 g/mol. The molecular weight excluding hydrogens is 302 g/mol. The Kier molecular flexibility index (Phi) is 5.53. The summed E-state index contributed by atoms with van der Waals surface area (Å²) in [6.07, 6.45) is 10.5. The number of nitrogens with one attached hydrogen (secondary N) is 2. The first kappa shape index (κ1) is 17.0. The van der Waals surface area contributed by atoms with Crippen LogP contribution >= 0.6 is 0 Å². The summed E-state index contributed by atoms with van der Waals surface area (Å²) in [6.45, 7) is 0. The van der Waals surface area contributed by atoms with Gasteiger partial charge in [0.2, 0.25) is 11.9 Å². The van der Waals surface area contributed by atoms with Crippen molar-refractivity contribution in [2.75, 3.05) is 24.3 Å². The second-order valence-electron chi connectivity index (χ2n) is 7.32. The van der Waals surface area contributed by atoms with E-state index < -0.39 is 0 Å². The lowest BCUT2D eigenvalue weighted by atomic mass is 9.90. The Morgan fingerprint density at radius 2 is 1.75 bits per heavy atom. The number of carbonyl (C=O) groups excluding carboxylic acids is 1. The lowest BCUT2D eigenvalue weighted by molar-refractivity contribution is -0.125. The topological polar surface area (TPSA) is 70.2 Å². The number of hydrogen-bond donors (Lipinski definition) is 2. The zero-order chi connectivity index (χ0) is 16.9. The fourth-order valence-electron chi connectivity index (χ4n) is 3.74. The van der Waals surface area contributed by atoms with Crippen LogP contribution in [0.3, 0.4) is 0 Å². The standard InChI is InChI=1S/C18H29N5O/c1-23(2)16-11-12-19-18(22-16)21-15-9-7-14(8-10-15)20-17(24)13-5-3-4-6-13/h11-15H,3-10H2,1-2H3,(H,20,24)(H,19,21,22)/t14-,15+. The Labute approximate surface area is 144 Å². The van der Waals surface area contributed by atoms with Crippen molar-refractivity contribution in [3.63, 3.8) is 0 Å². The van der Waals surface area contributed by atoms with E-state index in [-0.39, 0.29) is 11.8 Å². The van der Waals surface area contributed by atoms with Gasteiger partial charge in [-0.2, -0.15) is 4.98 Å². The molecule has 0 atom stereocenters. The van der Waals surface area contributed by atoms with Crippen LogP contribution in [0.2, 0.25) is 0 Å². The summed E-state index contributed by atoms with van der Waals surface area (Å²) in [7, 11) is 3.95. The molecule has 1 aromatic rings. The molecule has 2 fully saturated rings. The number of amides is 1. The van der Waals surface area contributed by atoms with Gasteiger partial charge in [-0.3, -0.25) is 4.79 Å². The lowest BCUT2D eigenvalue weighted by Gasteiger charge is -2.30. The summed E-state index contributed by atoms with van der Waals surface area (Å²) < 4.78 is 0. The van der Waals surface area contributed by atoms with Crippen molar-refractivity contribution < 1.29 is 4.79 Å². The highest BCUT2D eigenvalue weighted by Crippen LogP contribution is 2.26. The quantitative estimate of drug-likeness (QED) is 0.868. The molecule has 24 heavy (non-hydrogen) atoms. The first-order valence-corrected chi connectivity index (χ1v) is 9.19. The van der Waals surface area contributed by atoms with Gasteiger partial charge in [0.05, 0.1) is 0 Å². The Bertz CT molecular complexity index is 548.